The van der Waals surface area contributed by atoms with Gasteiger partial charge in [0.05, 0.1) is 11.8 Å². The molecule has 1 aromatic rings. The zero-order chi connectivity index (χ0) is 9.54. The number of rotatable bonds is 1. The summed E-state index contributed by atoms with van der Waals surface area (Å²) in [5, 5.41) is 0.959. The van der Waals surface area contributed by atoms with E-state index in [2.05, 4.69) is 24.3 Å². The normalized spacial score (nSPS) is 30.0. The molecule has 0 aliphatic carbocycles. The molecular weight excluding hydrogens is 194 g/mol. The van der Waals surface area contributed by atoms with Crippen molar-refractivity contribution in [3.63, 3.8) is 0 Å². The van der Waals surface area contributed by atoms with Crippen LogP contribution in [-0.4, -0.2) is 22.7 Å². The minimum absolute atomic E-state index is 0.320. The molecule has 0 N–H and O–H groups in total. The van der Waals surface area contributed by atoms with E-state index in [4.69, 9.17) is 0 Å². The molecule has 2 fully saturated rings. The van der Waals surface area contributed by atoms with Gasteiger partial charge >= 0.3 is 0 Å². The molecule has 0 aromatic heterocycles. The molecule has 1 aromatic carbocycles. The third kappa shape index (κ3) is 1.16. The van der Waals surface area contributed by atoms with Gasteiger partial charge in [0.15, 0.2) is 0 Å². The highest BCUT2D eigenvalue weighted by Gasteiger charge is 2.44. The van der Waals surface area contributed by atoms with E-state index < -0.39 is 0 Å². The summed E-state index contributed by atoms with van der Waals surface area (Å²) in [6.07, 6.45) is 0.744. The van der Waals surface area contributed by atoms with Crippen LogP contribution in [0.2, 0.25) is 0 Å². The fourth-order valence-corrected chi connectivity index (χ4v) is 3.56. The van der Waals surface area contributed by atoms with Crippen molar-refractivity contribution in [2.45, 2.75) is 17.0 Å². The summed E-state index contributed by atoms with van der Waals surface area (Å²) in [6, 6.07) is 10.5. The third-order valence-corrected chi connectivity index (χ3v) is 4.36. The molecule has 72 valence electrons. The average Bonchev–Trinajstić information content (AvgIpc) is 2.57. The van der Waals surface area contributed by atoms with Crippen molar-refractivity contribution >= 4 is 17.7 Å². The van der Waals surface area contributed by atoms with Crippen LogP contribution in [0.25, 0.3) is 0 Å². The highest BCUT2D eigenvalue weighted by molar-refractivity contribution is 8.00. The van der Waals surface area contributed by atoms with E-state index in [0.717, 1.165) is 13.0 Å². The average molecular weight is 205 g/mol. The maximum absolute atomic E-state index is 11.2. The Bertz CT molecular complexity index is 365. The van der Waals surface area contributed by atoms with Crippen LogP contribution in [0.1, 0.15) is 17.2 Å². The topological polar surface area (TPSA) is 20.3 Å². The predicted molar refractivity (Wildman–Crippen MR) is 56.9 cm³/mol. The lowest BCUT2D eigenvalue weighted by atomic mass is 10.1. The summed E-state index contributed by atoms with van der Waals surface area (Å²) >= 11 is 1.92. The third-order valence-electron chi connectivity index (χ3n) is 2.87. The summed E-state index contributed by atoms with van der Waals surface area (Å²) in [4.78, 5) is 13.2. The summed E-state index contributed by atoms with van der Waals surface area (Å²) in [7, 11) is 0. The van der Waals surface area contributed by atoms with Crippen molar-refractivity contribution in [3.05, 3.63) is 35.9 Å². The number of hydrogen-bond donors (Lipinski definition) is 0. The first kappa shape index (κ1) is 8.36. The molecular formula is C11H11NOS. The lowest BCUT2D eigenvalue weighted by Gasteiger charge is -2.32. The Morgan fingerprint density at radius 3 is 2.71 bits per heavy atom. The molecule has 14 heavy (non-hydrogen) atoms. The van der Waals surface area contributed by atoms with Crippen LogP contribution in [0.5, 0.6) is 0 Å². The second-order valence-corrected chi connectivity index (χ2v) is 5.13. The quantitative estimate of drug-likeness (QED) is 0.654. The fourth-order valence-electron chi connectivity index (χ4n) is 2.03. The van der Waals surface area contributed by atoms with E-state index >= 15 is 0 Å². The molecule has 2 atom stereocenters. The number of fused-ring (bicyclic) bond motifs is 1. The Hall–Kier alpha value is -0.960. The molecule has 2 nitrogen and oxygen atoms in total. The summed E-state index contributed by atoms with van der Waals surface area (Å²) in [6.45, 7) is 0.901. The Labute approximate surface area is 87.3 Å². The van der Waals surface area contributed by atoms with Gasteiger partial charge in [0.1, 0.15) is 0 Å². The van der Waals surface area contributed by atoms with Gasteiger partial charge in [0.2, 0.25) is 5.91 Å². The van der Waals surface area contributed by atoms with Gasteiger partial charge in [0.25, 0.3) is 0 Å². The summed E-state index contributed by atoms with van der Waals surface area (Å²) in [5.74, 6) is 0.320. The summed E-state index contributed by atoms with van der Waals surface area (Å²) < 4.78 is 0. The van der Waals surface area contributed by atoms with Crippen LogP contribution in [0.3, 0.4) is 0 Å². The van der Waals surface area contributed by atoms with Gasteiger partial charge in [-0.25, -0.2) is 0 Å². The van der Waals surface area contributed by atoms with Crippen LogP contribution in [-0.2, 0) is 4.79 Å². The molecule has 0 bridgehead atoms. The number of carbonyl (C=O) groups excluding carboxylic acids is 1. The molecule has 3 heteroatoms. The van der Waals surface area contributed by atoms with Gasteiger partial charge in [-0.05, 0) is 5.56 Å². The Morgan fingerprint density at radius 1 is 1.29 bits per heavy atom. The van der Waals surface area contributed by atoms with Crippen molar-refractivity contribution in [1.29, 1.82) is 0 Å². The molecule has 2 saturated heterocycles. The van der Waals surface area contributed by atoms with Gasteiger partial charge in [-0.3, -0.25) is 4.79 Å². The van der Waals surface area contributed by atoms with Crippen LogP contribution < -0.4 is 0 Å². The van der Waals surface area contributed by atoms with Crippen molar-refractivity contribution in [2.24, 2.45) is 0 Å². The van der Waals surface area contributed by atoms with Crippen LogP contribution in [0, 0.1) is 0 Å². The van der Waals surface area contributed by atoms with E-state index in [1.165, 1.54) is 5.56 Å². The molecule has 1 unspecified atom stereocenters. The van der Waals surface area contributed by atoms with E-state index in [1.54, 1.807) is 0 Å². The van der Waals surface area contributed by atoms with Crippen molar-refractivity contribution in [3.8, 4) is 0 Å². The maximum atomic E-state index is 11.2. The van der Waals surface area contributed by atoms with Crippen molar-refractivity contribution in [1.82, 2.24) is 4.90 Å². The number of β-lactam (4-membered cyclic amide) rings is 1. The maximum Gasteiger partial charge on any atom is 0.226 e. The minimum atomic E-state index is 0.320. The predicted octanol–water partition coefficient (Wildman–Crippen LogP) is 2.03. The first-order valence-electron chi connectivity index (χ1n) is 4.84. The van der Waals surface area contributed by atoms with Crippen molar-refractivity contribution in [2.75, 3.05) is 6.54 Å². The molecule has 0 spiro atoms. The minimum Gasteiger partial charge on any atom is -0.329 e. The molecule has 0 radical (unpaired) electrons. The number of nitrogens with zero attached hydrogens (tertiary/aromatic N) is 1. The highest BCUT2D eigenvalue weighted by atomic mass is 32.2. The number of benzene rings is 1. The molecule has 0 saturated carbocycles. The number of hydrogen-bond acceptors (Lipinski definition) is 2. The lowest BCUT2D eigenvalue weighted by Crippen LogP contribution is -2.46. The first-order valence-corrected chi connectivity index (χ1v) is 5.79. The second-order valence-electron chi connectivity index (χ2n) is 3.74. The van der Waals surface area contributed by atoms with Gasteiger partial charge in [0, 0.05) is 11.8 Å². The zero-order valence-electron chi connectivity index (χ0n) is 7.72. The molecule has 1 amide bonds. The Kier molecular flexibility index (Phi) is 1.80. The number of thioether (sulfide) groups is 1. The standard InChI is InChI=1S/C11H11NOS/c13-10-6-11-12(10)7-9(14-11)8-4-2-1-3-5-8/h1-5,9,11H,6-7H2/t9?,11-/m1/s1. The summed E-state index contributed by atoms with van der Waals surface area (Å²) in [5.41, 5.74) is 1.35. The number of carbonyl (C=O) groups is 1. The second kappa shape index (κ2) is 3.02. The fraction of sp³-hybridized carbons (Fsp3) is 0.364. The monoisotopic (exact) mass is 205 g/mol. The SMILES string of the molecule is O=C1C[C@H]2SC(c3ccccc3)CN12. The van der Waals surface area contributed by atoms with Gasteiger partial charge in [-0.15, -0.1) is 11.8 Å². The van der Waals surface area contributed by atoms with Crippen LogP contribution in [0.15, 0.2) is 30.3 Å². The van der Waals surface area contributed by atoms with E-state index in [9.17, 15) is 4.79 Å². The van der Waals surface area contributed by atoms with Gasteiger partial charge in [-0.2, -0.15) is 0 Å². The highest BCUT2D eigenvalue weighted by Crippen LogP contribution is 2.47. The van der Waals surface area contributed by atoms with Crippen molar-refractivity contribution < 1.29 is 4.79 Å². The number of amides is 1. The largest absolute Gasteiger partial charge is 0.329 e. The zero-order valence-corrected chi connectivity index (χ0v) is 8.54. The molecule has 3 rings (SSSR count). The molecule has 2 heterocycles. The van der Waals surface area contributed by atoms with E-state index in [1.807, 2.05) is 22.7 Å². The Balaban J connectivity index is 1.80. The first-order chi connectivity index (χ1) is 6.84. The van der Waals surface area contributed by atoms with Gasteiger partial charge < -0.3 is 4.90 Å². The molecule has 2 aliphatic rings. The van der Waals surface area contributed by atoms with Crippen LogP contribution in [0.4, 0.5) is 0 Å². The van der Waals surface area contributed by atoms with E-state index in [-0.39, 0.29) is 0 Å². The van der Waals surface area contributed by atoms with Crippen LogP contribution >= 0.6 is 11.8 Å². The van der Waals surface area contributed by atoms with Gasteiger partial charge in [-0.1, -0.05) is 30.3 Å². The van der Waals surface area contributed by atoms with E-state index in [0.29, 0.717) is 16.5 Å². The smallest absolute Gasteiger partial charge is 0.226 e. The lowest BCUT2D eigenvalue weighted by molar-refractivity contribution is -0.140. The Morgan fingerprint density at radius 2 is 2.07 bits per heavy atom. The molecule has 2 aliphatic heterocycles.